The minimum atomic E-state index is -2.30. The van der Waals surface area contributed by atoms with Crippen molar-refractivity contribution in [2.24, 2.45) is 5.73 Å². The van der Waals surface area contributed by atoms with Gasteiger partial charge in [0.1, 0.15) is 0 Å². The number of hydrogen-bond donors (Lipinski definition) is 2. The van der Waals surface area contributed by atoms with Crippen LogP contribution in [0.1, 0.15) is 39.5 Å². The van der Waals surface area contributed by atoms with Crippen LogP contribution in [-0.2, 0) is 0 Å². The second-order valence-corrected chi connectivity index (χ2v) is 3.76. The van der Waals surface area contributed by atoms with E-state index in [0.717, 1.165) is 25.7 Å². The van der Waals surface area contributed by atoms with Gasteiger partial charge in [-0.3, -0.25) is 0 Å². The Bertz CT molecular complexity index is 134. The van der Waals surface area contributed by atoms with Crippen LogP contribution >= 0.6 is 0 Å². The van der Waals surface area contributed by atoms with Crippen molar-refractivity contribution in [3.05, 3.63) is 0 Å². The van der Waals surface area contributed by atoms with Gasteiger partial charge in [0.05, 0.1) is 6.54 Å². The highest BCUT2D eigenvalue weighted by molar-refractivity contribution is 4.88. The third kappa shape index (κ3) is 4.86. The van der Waals surface area contributed by atoms with Crippen LogP contribution in [-0.4, -0.2) is 25.1 Å². The highest BCUT2D eigenvalue weighted by atomic mass is 19.3. The maximum absolute atomic E-state index is 12.1. The van der Waals surface area contributed by atoms with Crippen molar-refractivity contribution < 1.29 is 8.78 Å². The monoisotopic (exact) mass is 208 g/mol. The van der Waals surface area contributed by atoms with Crippen molar-refractivity contribution in [1.82, 2.24) is 5.32 Å². The Hall–Kier alpha value is -0.220. The van der Waals surface area contributed by atoms with Crippen molar-refractivity contribution in [1.29, 1.82) is 0 Å². The molecule has 0 heterocycles. The molecule has 0 aliphatic heterocycles. The molecule has 0 unspecified atom stereocenters. The van der Waals surface area contributed by atoms with Crippen LogP contribution in [0.4, 0.5) is 8.78 Å². The number of nitrogens with one attached hydrogen (secondary N) is 1. The van der Waals surface area contributed by atoms with Gasteiger partial charge in [0.2, 0.25) is 0 Å². The van der Waals surface area contributed by atoms with Gasteiger partial charge in [-0.25, -0.2) is 8.78 Å². The molecule has 0 aromatic rings. The first-order valence-electron chi connectivity index (χ1n) is 5.33. The molecule has 0 spiro atoms. The lowest BCUT2D eigenvalue weighted by molar-refractivity contribution is 0.125. The van der Waals surface area contributed by atoms with Crippen LogP contribution < -0.4 is 11.1 Å². The lowest BCUT2D eigenvalue weighted by Crippen LogP contribution is -2.52. The van der Waals surface area contributed by atoms with Crippen molar-refractivity contribution >= 4 is 0 Å². The Morgan fingerprint density at radius 2 is 1.71 bits per heavy atom. The molecule has 86 valence electrons. The fourth-order valence-electron chi connectivity index (χ4n) is 1.83. The summed E-state index contributed by atoms with van der Waals surface area (Å²) in [6.45, 7) is 4.27. The lowest BCUT2D eigenvalue weighted by Gasteiger charge is -2.33. The SMILES string of the molecule is CCCC(CN)(CCC)NCC(F)F. The normalized spacial score (nSPS) is 12.4. The molecule has 14 heavy (non-hydrogen) atoms. The predicted molar refractivity (Wildman–Crippen MR) is 55.6 cm³/mol. The zero-order chi connectivity index (χ0) is 11.0. The number of hydrogen-bond acceptors (Lipinski definition) is 2. The Labute approximate surface area is 85.2 Å². The van der Waals surface area contributed by atoms with Gasteiger partial charge in [-0.05, 0) is 12.8 Å². The van der Waals surface area contributed by atoms with E-state index in [1.807, 2.05) is 13.8 Å². The van der Waals surface area contributed by atoms with Crippen LogP contribution in [0.5, 0.6) is 0 Å². The van der Waals surface area contributed by atoms with Crippen molar-refractivity contribution in [3.63, 3.8) is 0 Å². The summed E-state index contributed by atoms with van der Waals surface area (Å²) in [5.74, 6) is 0. The highest BCUT2D eigenvalue weighted by Gasteiger charge is 2.26. The molecule has 3 N–H and O–H groups in total. The number of alkyl halides is 2. The molecule has 0 rings (SSSR count). The maximum Gasteiger partial charge on any atom is 0.250 e. The summed E-state index contributed by atoms with van der Waals surface area (Å²) in [7, 11) is 0. The van der Waals surface area contributed by atoms with Gasteiger partial charge in [0.25, 0.3) is 6.43 Å². The fraction of sp³-hybridized carbons (Fsp3) is 1.00. The number of rotatable bonds is 8. The summed E-state index contributed by atoms with van der Waals surface area (Å²) >= 11 is 0. The molecule has 0 saturated heterocycles. The standard InChI is InChI=1S/C10H22F2N2/c1-3-5-10(8-13,6-4-2)14-7-9(11)12/h9,14H,3-8,13H2,1-2H3. The molecule has 0 amide bonds. The first-order chi connectivity index (χ1) is 6.60. The minimum Gasteiger partial charge on any atom is -0.329 e. The van der Waals surface area contributed by atoms with Gasteiger partial charge < -0.3 is 11.1 Å². The van der Waals surface area contributed by atoms with Gasteiger partial charge in [-0.1, -0.05) is 26.7 Å². The van der Waals surface area contributed by atoms with E-state index < -0.39 is 6.43 Å². The summed E-state index contributed by atoms with van der Waals surface area (Å²) < 4.78 is 24.2. The molecule has 0 bridgehead atoms. The molecule has 0 aromatic heterocycles. The van der Waals surface area contributed by atoms with E-state index in [4.69, 9.17) is 5.73 Å². The minimum absolute atomic E-state index is 0.253. The van der Waals surface area contributed by atoms with Crippen LogP contribution in [0.15, 0.2) is 0 Å². The van der Waals surface area contributed by atoms with E-state index in [1.165, 1.54) is 0 Å². The van der Waals surface area contributed by atoms with E-state index in [2.05, 4.69) is 5.32 Å². The quantitative estimate of drug-likeness (QED) is 0.641. The van der Waals surface area contributed by atoms with Crippen molar-refractivity contribution in [2.45, 2.75) is 51.5 Å². The van der Waals surface area contributed by atoms with E-state index in [9.17, 15) is 8.78 Å². The van der Waals surface area contributed by atoms with Gasteiger partial charge >= 0.3 is 0 Å². The number of halogens is 2. The fourth-order valence-corrected chi connectivity index (χ4v) is 1.83. The summed E-state index contributed by atoms with van der Waals surface area (Å²) in [5.41, 5.74) is 5.38. The van der Waals surface area contributed by atoms with Gasteiger partial charge in [-0.15, -0.1) is 0 Å². The topological polar surface area (TPSA) is 38.0 Å². The Kier molecular flexibility index (Phi) is 7.01. The predicted octanol–water partition coefficient (Wildman–Crippen LogP) is 2.14. The molecule has 0 saturated carbocycles. The van der Waals surface area contributed by atoms with E-state index in [1.54, 1.807) is 0 Å². The molecule has 4 heteroatoms. The zero-order valence-corrected chi connectivity index (χ0v) is 9.15. The Morgan fingerprint density at radius 3 is 2.00 bits per heavy atom. The summed E-state index contributed by atoms with van der Waals surface area (Å²) in [4.78, 5) is 0. The van der Waals surface area contributed by atoms with E-state index in [0.29, 0.717) is 6.54 Å². The van der Waals surface area contributed by atoms with Crippen LogP contribution in [0.3, 0.4) is 0 Å². The van der Waals surface area contributed by atoms with E-state index in [-0.39, 0.29) is 12.1 Å². The molecular weight excluding hydrogens is 186 g/mol. The average Bonchev–Trinajstić information content (AvgIpc) is 2.15. The van der Waals surface area contributed by atoms with E-state index >= 15 is 0 Å². The summed E-state index contributed by atoms with van der Waals surface area (Å²) in [6, 6.07) is 0. The molecule has 0 aliphatic rings. The average molecular weight is 208 g/mol. The first-order valence-corrected chi connectivity index (χ1v) is 5.33. The molecular formula is C10H22F2N2. The summed E-state index contributed by atoms with van der Waals surface area (Å²) in [5, 5.41) is 2.91. The largest absolute Gasteiger partial charge is 0.329 e. The molecule has 0 radical (unpaired) electrons. The summed E-state index contributed by atoms with van der Waals surface area (Å²) in [6.07, 6.45) is 1.37. The third-order valence-electron chi connectivity index (χ3n) is 2.48. The molecule has 0 aromatic carbocycles. The second kappa shape index (κ2) is 7.12. The lowest BCUT2D eigenvalue weighted by atomic mass is 9.88. The van der Waals surface area contributed by atoms with Crippen LogP contribution in [0.25, 0.3) is 0 Å². The number of nitrogens with two attached hydrogens (primary N) is 1. The van der Waals surface area contributed by atoms with Crippen molar-refractivity contribution in [2.75, 3.05) is 13.1 Å². The third-order valence-corrected chi connectivity index (χ3v) is 2.48. The molecule has 0 atom stereocenters. The highest BCUT2D eigenvalue weighted by Crippen LogP contribution is 2.18. The maximum atomic E-state index is 12.1. The van der Waals surface area contributed by atoms with Crippen LogP contribution in [0, 0.1) is 0 Å². The smallest absolute Gasteiger partial charge is 0.250 e. The van der Waals surface area contributed by atoms with Crippen LogP contribution in [0.2, 0.25) is 0 Å². The molecule has 0 fully saturated rings. The first kappa shape index (κ1) is 13.8. The molecule has 0 aliphatic carbocycles. The van der Waals surface area contributed by atoms with Gasteiger partial charge in [0, 0.05) is 12.1 Å². The molecule has 2 nitrogen and oxygen atoms in total. The Morgan fingerprint density at radius 1 is 1.21 bits per heavy atom. The van der Waals surface area contributed by atoms with Gasteiger partial charge in [0.15, 0.2) is 0 Å². The van der Waals surface area contributed by atoms with Crippen molar-refractivity contribution in [3.8, 4) is 0 Å². The van der Waals surface area contributed by atoms with Gasteiger partial charge in [-0.2, -0.15) is 0 Å². The Balaban J connectivity index is 4.17. The second-order valence-electron chi connectivity index (χ2n) is 3.76. The zero-order valence-electron chi connectivity index (χ0n) is 9.15.